The van der Waals surface area contributed by atoms with E-state index in [0.29, 0.717) is 31.1 Å². The van der Waals surface area contributed by atoms with Gasteiger partial charge in [-0.25, -0.2) is 8.42 Å². The van der Waals surface area contributed by atoms with Gasteiger partial charge in [0.1, 0.15) is 0 Å². The van der Waals surface area contributed by atoms with Crippen molar-refractivity contribution in [2.45, 2.75) is 12.5 Å². The van der Waals surface area contributed by atoms with E-state index in [-0.39, 0.29) is 17.5 Å². The Morgan fingerprint density at radius 1 is 1.33 bits per heavy atom. The normalized spacial score (nSPS) is 26.0. The largest absolute Gasteiger partial charge is 0.337 e. The number of hydrogen-bond acceptors (Lipinski definition) is 4. The van der Waals surface area contributed by atoms with Crippen molar-refractivity contribution in [3.8, 4) is 0 Å². The number of aromatic nitrogens is 1. The molecule has 1 N–H and O–H groups in total. The fraction of sp³-hybridized carbons (Fsp3) is 0.538. The summed E-state index contributed by atoms with van der Waals surface area (Å²) in [5.74, 6) is 0.171. The molecule has 0 aliphatic carbocycles. The number of nitrogens with one attached hydrogen (secondary N) is 1. The predicted molar refractivity (Wildman–Crippen MR) is 76.4 cm³/mol. The third-order valence-corrected chi connectivity index (χ3v) is 5.52. The zero-order valence-corrected chi connectivity index (χ0v) is 12.5. The fourth-order valence-electron chi connectivity index (χ4n) is 3.04. The second-order valence-corrected chi connectivity index (χ2v) is 7.58. The van der Waals surface area contributed by atoms with Crippen LogP contribution in [0.5, 0.6) is 0 Å². The van der Waals surface area contributed by atoms with Gasteiger partial charge in [-0.1, -0.05) is 0 Å². The van der Waals surface area contributed by atoms with Crippen LogP contribution in [0.15, 0.2) is 23.1 Å². The van der Waals surface area contributed by atoms with Gasteiger partial charge in [0.05, 0.1) is 11.8 Å². The molecule has 1 aromatic heterocycles. The minimum atomic E-state index is -3.21. The summed E-state index contributed by atoms with van der Waals surface area (Å²) in [6.45, 7) is 1.59. The fourth-order valence-corrected chi connectivity index (χ4v) is 4.23. The van der Waals surface area contributed by atoms with Crippen LogP contribution in [-0.4, -0.2) is 60.4 Å². The van der Waals surface area contributed by atoms with Gasteiger partial charge in [-0.3, -0.25) is 9.59 Å². The molecule has 8 heteroatoms. The number of sulfonamides is 1. The molecule has 0 spiro atoms. The minimum Gasteiger partial charge on any atom is -0.337 e. The predicted octanol–water partition coefficient (Wildman–Crippen LogP) is -0.519. The van der Waals surface area contributed by atoms with Crippen molar-refractivity contribution in [1.82, 2.24) is 14.2 Å². The van der Waals surface area contributed by atoms with Crippen LogP contribution in [0.25, 0.3) is 0 Å². The number of fused-ring (bicyclic) bond motifs is 1. The lowest BCUT2D eigenvalue weighted by Crippen LogP contribution is -2.65. The third-order valence-electron chi connectivity index (χ3n) is 4.25. The monoisotopic (exact) mass is 311 g/mol. The van der Waals surface area contributed by atoms with Gasteiger partial charge in [0.2, 0.25) is 15.6 Å². The second-order valence-electron chi connectivity index (χ2n) is 5.64. The maximum atomic E-state index is 12.4. The lowest BCUT2D eigenvalue weighted by atomic mass is 9.84. The quantitative estimate of drug-likeness (QED) is 0.796. The number of likely N-dealkylation sites (tertiary alicyclic amines) is 1. The van der Waals surface area contributed by atoms with Crippen LogP contribution < -0.4 is 5.56 Å². The Labute approximate surface area is 122 Å². The molecule has 2 aliphatic rings. The van der Waals surface area contributed by atoms with Crippen molar-refractivity contribution in [2.24, 2.45) is 5.92 Å². The average molecular weight is 311 g/mol. The molecule has 2 aliphatic heterocycles. The molecule has 0 unspecified atom stereocenters. The van der Waals surface area contributed by atoms with Crippen molar-refractivity contribution < 1.29 is 13.2 Å². The highest BCUT2D eigenvalue weighted by Gasteiger charge is 2.47. The van der Waals surface area contributed by atoms with Crippen LogP contribution in [0.1, 0.15) is 16.8 Å². The number of carbonyl (C=O) groups is 1. The molecule has 3 heterocycles. The van der Waals surface area contributed by atoms with E-state index in [0.717, 1.165) is 6.42 Å². The van der Waals surface area contributed by atoms with Crippen LogP contribution >= 0.6 is 0 Å². The van der Waals surface area contributed by atoms with E-state index in [9.17, 15) is 18.0 Å². The number of H-pyrrole nitrogens is 1. The Hall–Kier alpha value is -1.67. The summed E-state index contributed by atoms with van der Waals surface area (Å²) in [5, 5.41) is 0. The molecule has 0 saturated carbocycles. The van der Waals surface area contributed by atoms with Crippen LogP contribution in [0.3, 0.4) is 0 Å². The van der Waals surface area contributed by atoms with E-state index in [2.05, 4.69) is 4.98 Å². The van der Waals surface area contributed by atoms with E-state index < -0.39 is 10.0 Å². The summed E-state index contributed by atoms with van der Waals surface area (Å²) >= 11 is 0. The van der Waals surface area contributed by atoms with E-state index in [1.807, 2.05) is 0 Å². The highest BCUT2D eigenvalue weighted by molar-refractivity contribution is 7.88. The molecule has 0 radical (unpaired) electrons. The molecule has 1 amide bonds. The average Bonchev–Trinajstić information content (AvgIpc) is 2.39. The van der Waals surface area contributed by atoms with Crippen molar-refractivity contribution >= 4 is 15.9 Å². The number of carbonyl (C=O) groups excluding carboxylic acids is 1. The Kier molecular flexibility index (Phi) is 3.37. The van der Waals surface area contributed by atoms with Gasteiger partial charge in [0.25, 0.3) is 5.91 Å². The van der Waals surface area contributed by atoms with E-state index in [1.54, 1.807) is 4.90 Å². The molecule has 3 rings (SSSR count). The van der Waals surface area contributed by atoms with Crippen LogP contribution in [0.4, 0.5) is 0 Å². The first kappa shape index (κ1) is 14.3. The summed E-state index contributed by atoms with van der Waals surface area (Å²) in [4.78, 5) is 27.5. The van der Waals surface area contributed by atoms with Crippen molar-refractivity contribution in [2.75, 3.05) is 25.9 Å². The molecule has 7 nitrogen and oxygen atoms in total. The van der Waals surface area contributed by atoms with Gasteiger partial charge in [-0.2, -0.15) is 4.31 Å². The van der Waals surface area contributed by atoms with Gasteiger partial charge < -0.3 is 9.88 Å². The molecule has 0 bridgehead atoms. The Balaban J connectivity index is 1.74. The molecule has 2 saturated heterocycles. The molecule has 0 aromatic carbocycles. The number of pyridine rings is 1. The lowest BCUT2D eigenvalue weighted by molar-refractivity contribution is 0.0141. The molecule has 1 aromatic rings. The summed E-state index contributed by atoms with van der Waals surface area (Å²) in [5.41, 5.74) is 0.158. The highest BCUT2D eigenvalue weighted by Crippen LogP contribution is 2.34. The molecular formula is C13H17N3O4S. The second kappa shape index (κ2) is 4.96. The standard InChI is InChI=1S/C13H17N3O4S/c1-21(19,20)16-7-10-4-5-15(8-11(10)16)13(18)9-2-3-12(17)14-6-9/h2-3,6,10-11H,4-5,7-8H2,1H3,(H,14,17)/t10-,11-/m1/s1. The van der Waals surface area contributed by atoms with Gasteiger partial charge in [-0.15, -0.1) is 0 Å². The number of hydrogen-bond donors (Lipinski definition) is 1. The molecule has 114 valence electrons. The summed E-state index contributed by atoms with van der Waals surface area (Å²) in [6.07, 6.45) is 3.41. The zero-order valence-electron chi connectivity index (χ0n) is 11.7. The Morgan fingerprint density at radius 3 is 2.71 bits per heavy atom. The first-order chi connectivity index (χ1) is 9.86. The maximum Gasteiger partial charge on any atom is 0.255 e. The number of nitrogens with zero attached hydrogens (tertiary/aromatic N) is 2. The summed E-state index contributed by atoms with van der Waals surface area (Å²) < 4.78 is 24.7. The van der Waals surface area contributed by atoms with Crippen LogP contribution in [-0.2, 0) is 10.0 Å². The van der Waals surface area contributed by atoms with Crippen molar-refractivity contribution in [1.29, 1.82) is 0 Å². The number of rotatable bonds is 2. The highest BCUT2D eigenvalue weighted by atomic mass is 32.2. The number of amides is 1. The van der Waals surface area contributed by atoms with Crippen molar-refractivity contribution in [3.05, 3.63) is 34.2 Å². The molecule has 21 heavy (non-hydrogen) atoms. The van der Waals surface area contributed by atoms with E-state index >= 15 is 0 Å². The molecule has 2 atom stereocenters. The van der Waals surface area contributed by atoms with E-state index in [1.165, 1.54) is 28.9 Å². The maximum absolute atomic E-state index is 12.4. The van der Waals surface area contributed by atoms with Gasteiger partial charge in [0, 0.05) is 37.9 Å². The Bertz CT molecular complexity index is 707. The Morgan fingerprint density at radius 2 is 2.10 bits per heavy atom. The first-order valence-electron chi connectivity index (χ1n) is 6.81. The topological polar surface area (TPSA) is 90.6 Å². The van der Waals surface area contributed by atoms with Gasteiger partial charge in [0.15, 0.2) is 0 Å². The van der Waals surface area contributed by atoms with E-state index in [4.69, 9.17) is 0 Å². The molecular weight excluding hydrogens is 294 g/mol. The number of piperidine rings is 1. The van der Waals surface area contributed by atoms with Crippen molar-refractivity contribution in [3.63, 3.8) is 0 Å². The zero-order chi connectivity index (χ0) is 15.2. The lowest BCUT2D eigenvalue weighted by Gasteiger charge is -2.51. The van der Waals surface area contributed by atoms with Gasteiger partial charge >= 0.3 is 0 Å². The SMILES string of the molecule is CS(=O)(=O)N1C[C@H]2CCN(C(=O)c3ccc(=O)[nH]c3)C[C@H]21. The third kappa shape index (κ3) is 2.60. The minimum absolute atomic E-state index is 0.111. The van der Waals surface area contributed by atoms with Gasteiger partial charge in [-0.05, 0) is 18.4 Å². The van der Waals surface area contributed by atoms with Crippen LogP contribution in [0.2, 0.25) is 0 Å². The van der Waals surface area contributed by atoms with Crippen LogP contribution in [0, 0.1) is 5.92 Å². The molecule has 2 fully saturated rings. The first-order valence-corrected chi connectivity index (χ1v) is 8.66. The number of aromatic amines is 1. The summed E-state index contributed by atoms with van der Waals surface area (Å²) in [7, 11) is -3.21. The summed E-state index contributed by atoms with van der Waals surface area (Å²) in [6, 6.07) is 2.69. The smallest absolute Gasteiger partial charge is 0.255 e.